The van der Waals surface area contributed by atoms with Crippen LogP contribution >= 0.6 is 0 Å². The van der Waals surface area contributed by atoms with Crippen molar-refractivity contribution >= 4 is 22.6 Å². The third-order valence-corrected chi connectivity index (χ3v) is 5.30. The maximum atomic E-state index is 15.5. The number of halogens is 1. The van der Waals surface area contributed by atoms with Gasteiger partial charge in [0.05, 0.1) is 23.4 Å². The number of imidazole rings is 1. The van der Waals surface area contributed by atoms with Gasteiger partial charge in [0.2, 0.25) is 0 Å². The summed E-state index contributed by atoms with van der Waals surface area (Å²) in [5.41, 5.74) is 8.64. The molecule has 32 heavy (non-hydrogen) atoms. The standard InChI is InChI=1S/C21H19FN6O2.C2H6/c1-24-21(29)14-8-25-20(23)19-13(14)7-15(27-19)11-3-2-4-12(18(11)22)16-9-28-5-6-30-10-17(28)26-16;1-2/h2-4,7-9,27H,5-6,10H2,1H3,(H2,23,25)(H,24,29);1-2H3. The minimum Gasteiger partial charge on any atom is -0.382 e. The number of hydrogen-bond donors (Lipinski definition) is 3. The van der Waals surface area contributed by atoms with E-state index in [1.807, 2.05) is 24.6 Å². The van der Waals surface area contributed by atoms with Gasteiger partial charge in [-0.1, -0.05) is 19.9 Å². The second-order valence-electron chi connectivity index (χ2n) is 7.06. The number of fused-ring (bicyclic) bond motifs is 2. The minimum absolute atomic E-state index is 0.238. The van der Waals surface area contributed by atoms with E-state index in [0.29, 0.717) is 58.7 Å². The number of nitrogens with zero attached hydrogens (tertiary/aromatic N) is 3. The Balaban J connectivity index is 0.00000119. The van der Waals surface area contributed by atoms with Crippen LogP contribution in [0.3, 0.4) is 0 Å². The molecule has 8 nitrogen and oxygen atoms in total. The van der Waals surface area contributed by atoms with Crippen molar-refractivity contribution in [3.8, 4) is 22.5 Å². The highest BCUT2D eigenvalue weighted by atomic mass is 19.1. The summed E-state index contributed by atoms with van der Waals surface area (Å²) in [4.78, 5) is 23.9. The molecule has 1 aliphatic rings. The second kappa shape index (κ2) is 8.80. The van der Waals surface area contributed by atoms with E-state index in [2.05, 4.69) is 20.3 Å². The Kier molecular flexibility index (Phi) is 5.91. The molecule has 0 atom stereocenters. The van der Waals surface area contributed by atoms with Crippen molar-refractivity contribution in [3.63, 3.8) is 0 Å². The number of nitrogen functional groups attached to an aromatic ring is 1. The minimum atomic E-state index is -0.409. The van der Waals surface area contributed by atoms with Crippen LogP contribution in [0.5, 0.6) is 0 Å². The number of carbonyl (C=O) groups is 1. The Morgan fingerprint density at radius 3 is 2.84 bits per heavy atom. The van der Waals surface area contributed by atoms with Crippen molar-refractivity contribution < 1.29 is 13.9 Å². The average molecular weight is 436 g/mol. The first-order chi connectivity index (χ1) is 15.6. The van der Waals surface area contributed by atoms with E-state index in [9.17, 15) is 4.79 Å². The lowest BCUT2D eigenvalue weighted by atomic mass is 10.0. The molecule has 0 bridgehead atoms. The quantitative estimate of drug-likeness (QED) is 0.453. The van der Waals surface area contributed by atoms with Crippen LogP contribution in [0.15, 0.2) is 36.7 Å². The smallest absolute Gasteiger partial charge is 0.253 e. The summed E-state index contributed by atoms with van der Waals surface area (Å²) < 4.78 is 22.9. The molecular weight excluding hydrogens is 411 g/mol. The van der Waals surface area contributed by atoms with Gasteiger partial charge in [-0.15, -0.1) is 0 Å². The Morgan fingerprint density at radius 1 is 1.31 bits per heavy atom. The van der Waals surface area contributed by atoms with Crippen LogP contribution in [-0.2, 0) is 17.9 Å². The molecule has 0 aliphatic carbocycles. The van der Waals surface area contributed by atoms with Crippen molar-refractivity contribution in [2.75, 3.05) is 19.4 Å². The number of hydrogen-bond acceptors (Lipinski definition) is 5. The number of ether oxygens (including phenoxy) is 1. The number of aromatic nitrogens is 4. The van der Waals surface area contributed by atoms with Gasteiger partial charge in [0, 0.05) is 48.2 Å². The topological polar surface area (TPSA) is 111 Å². The first-order valence-corrected chi connectivity index (χ1v) is 10.5. The van der Waals surface area contributed by atoms with Crippen LogP contribution in [0, 0.1) is 5.82 Å². The van der Waals surface area contributed by atoms with Crippen LogP contribution in [0.4, 0.5) is 10.2 Å². The molecule has 4 heterocycles. The molecule has 5 rings (SSSR count). The molecule has 0 spiro atoms. The van der Waals surface area contributed by atoms with Gasteiger partial charge < -0.3 is 25.3 Å². The maximum Gasteiger partial charge on any atom is 0.253 e. The van der Waals surface area contributed by atoms with Crippen LogP contribution in [0.2, 0.25) is 0 Å². The molecule has 0 fully saturated rings. The monoisotopic (exact) mass is 436 g/mol. The summed E-state index contributed by atoms with van der Waals surface area (Å²) in [6.07, 6.45) is 3.26. The van der Waals surface area contributed by atoms with Crippen LogP contribution in [0.25, 0.3) is 33.4 Å². The highest BCUT2D eigenvalue weighted by molar-refractivity contribution is 6.09. The van der Waals surface area contributed by atoms with Gasteiger partial charge >= 0.3 is 0 Å². The number of rotatable bonds is 3. The zero-order chi connectivity index (χ0) is 22.8. The Labute approximate surface area is 184 Å². The normalized spacial score (nSPS) is 12.8. The first-order valence-electron chi connectivity index (χ1n) is 10.5. The number of nitrogens with one attached hydrogen (secondary N) is 2. The average Bonchev–Trinajstić information content (AvgIpc) is 3.45. The maximum absolute atomic E-state index is 15.5. The van der Waals surface area contributed by atoms with E-state index in [-0.39, 0.29) is 11.7 Å². The van der Waals surface area contributed by atoms with E-state index in [1.54, 1.807) is 24.3 Å². The number of pyridine rings is 1. The van der Waals surface area contributed by atoms with Gasteiger partial charge in [0.15, 0.2) is 0 Å². The number of carbonyl (C=O) groups excluding carboxylic acids is 1. The number of benzene rings is 1. The van der Waals surface area contributed by atoms with E-state index in [0.717, 1.165) is 5.82 Å². The lowest BCUT2D eigenvalue weighted by Gasteiger charge is -2.13. The van der Waals surface area contributed by atoms with Crippen molar-refractivity contribution in [2.24, 2.45) is 0 Å². The van der Waals surface area contributed by atoms with Gasteiger partial charge in [-0.25, -0.2) is 14.4 Å². The highest BCUT2D eigenvalue weighted by Crippen LogP contribution is 2.34. The van der Waals surface area contributed by atoms with Gasteiger partial charge in [0.1, 0.15) is 24.1 Å². The molecule has 0 radical (unpaired) electrons. The Hall–Kier alpha value is -3.72. The Bertz CT molecular complexity index is 1270. The van der Waals surface area contributed by atoms with E-state index in [4.69, 9.17) is 10.5 Å². The fraction of sp³-hybridized carbons (Fsp3) is 0.261. The first kappa shape index (κ1) is 21.5. The van der Waals surface area contributed by atoms with E-state index in [1.165, 1.54) is 13.2 Å². The van der Waals surface area contributed by atoms with E-state index >= 15 is 4.39 Å². The van der Waals surface area contributed by atoms with Gasteiger partial charge in [0.25, 0.3) is 5.91 Å². The molecule has 1 amide bonds. The molecule has 166 valence electrons. The second-order valence-corrected chi connectivity index (χ2v) is 7.06. The molecular formula is C23H25FN6O2. The predicted octanol–water partition coefficient (Wildman–Crippen LogP) is 3.73. The van der Waals surface area contributed by atoms with Gasteiger partial charge in [-0.3, -0.25) is 4.79 Å². The fourth-order valence-corrected chi connectivity index (χ4v) is 3.75. The summed E-state index contributed by atoms with van der Waals surface area (Å²) in [5, 5.41) is 3.16. The molecule has 0 saturated heterocycles. The van der Waals surface area contributed by atoms with E-state index < -0.39 is 5.82 Å². The summed E-state index contributed by atoms with van der Waals surface area (Å²) in [6.45, 7) is 5.72. The number of amides is 1. The summed E-state index contributed by atoms with van der Waals surface area (Å²) in [7, 11) is 1.54. The summed E-state index contributed by atoms with van der Waals surface area (Å²) >= 11 is 0. The van der Waals surface area contributed by atoms with Crippen LogP contribution < -0.4 is 11.1 Å². The number of aromatic amines is 1. The third-order valence-electron chi connectivity index (χ3n) is 5.30. The zero-order valence-corrected chi connectivity index (χ0v) is 18.2. The fourth-order valence-electron chi connectivity index (χ4n) is 3.75. The summed E-state index contributed by atoms with van der Waals surface area (Å²) in [5.74, 6) is 0.314. The van der Waals surface area contributed by atoms with Crippen LogP contribution in [0.1, 0.15) is 30.0 Å². The lowest BCUT2D eigenvalue weighted by Crippen LogP contribution is -2.18. The molecule has 3 aromatic heterocycles. The predicted molar refractivity (Wildman–Crippen MR) is 122 cm³/mol. The van der Waals surface area contributed by atoms with Gasteiger partial charge in [-0.05, 0) is 18.2 Å². The van der Waals surface area contributed by atoms with Gasteiger partial charge in [-0.2, -0.15) is 0 Å². The Morgan fingerprint density at radius 2 is 2.09 bits per heavy atom. The molecule has 1 aliphatic heterocycles. The number of nitrogens with two attached hydrogens (primary N) is 1. The summed E-state index contributed by atoms with van der Waals surface area (Å²) in [6, 6.07) is 6.86. The molecule has 0 unspecified atom stereocenters. The number of H-pyrrole nitrogens is 1. The lowest BCUT2D eigenvalue weighted by molar-refractivity contribution is 0.0816. The largest absolute Gasteiger partial charge is 0.382 e. The van der Waals surface area contributed by atoms with Crippen molar-refractivity contribution in [2.45, 2.75) is 27.0 Å². The molecule has 4 N–H and O–H groups in total. The third kappa shape index (κ3) is 3.60. The van der Waals surface area contributed by atoms with Crippen molar-refractivity contribution in [1.82, 2.24) is 24.8 Å². The highest BCUT2D eigenvalue weighted by Gasteiger charge is 2.20. The zero-order valence-electron chi connectivity index (χ0n) is 18.2. The van der Waals surface area contributed by atoms with Crippen LogP contribution in [-0.4, -0.2) is 39.1 Å². The van der Waals surface area contributed by atoms with Crippen molar-refractivity contribution in [1.29, 1.82) is 0 Å². The molecule has 4 aromatic rings. The number of anilines is 1. The molecule has 0 saturated carbocycles. The molecule has 1 aromatic carbocycles. The molecule has 9 heteroatoms. The SMILES string of the molecule is CC.CNC(=O)c1cnc(N)c2[nH]c(-c3cccc(-c4cn5c(n4)COCC5)c3F)cc12. The van der Waals surface area contributed by atoms with Crippen molar-refractivity contribution in [3.05, 3.63) is 53.9 Å².